The number of carbonyl (C=O) groups is 2. The highest BCUT2D eigenvalue weighted by atomic mass is 16.6. The van der Waals surface area contributed by atoms with Crippen LogP contribution in [0.2, 0.25) is 0 Å². The third kappa shape index (κ3) is 3.19. The summed E-state index contributed by atoms with van der Waals surface area (Å²) >= 11 is 0. The van der Waals surface area contributed by atoms with Crippen molar-refractivity contribution in [1.29, 1.82) is 0 Å². The van der Waals surface area contributed by atoms with E-state index in [1.165, 1.54) is 0 Å². The summed E-state index contributed by atoms with van der Waals surface area (Å²) < 4.78 is 5.42. The van der Waals surface area contributed by atoms with Crippen LogP contribution in [0.5, 0.6) is 0 Å². The number of carbonyl (C=O) groups excluding carboxylic acids is 1. The zero-order chi connectivity index (χ0) is 14.2. The maximum absolute atomic E-state index is 12.1. The lowest BCUT2D eigenvalue weighted by atomic mass is 9.78. The monoisotopic (exact) mass is 269 g/mol. The second-order valence-corrected chi connectivity index (χ2v) is 6.64. The molecule has 1 aliphatic heterocycles. The van der Waals surface area contributed by atoms with Gasteiger partial charge in [0.1, 0.15) is 5.60 Å². The molecule has 0 spiro atoms. The number of carboxylic acid groups (broad SMARTS) is 1. The summed E-state index contributed by atoms with van der Waals surface area (Å²) in [5.74, 6) is -0.614. The van der Waals surface area contributed by atoms with Crippen LogP contribution < -0.4 is 0 Å². The van der Waals surface area contributed by atoms with Gasteiger partial charge in [-0.2, -0.15) is 0 Å². The van der Waals surface area contributed by atoms with Crippen molar-refractivity contribution >= 4 is 12.1 Å². The maximum Gasteiger partial charge on any atom is 0.410 e. The number of hydrogen-bond acceptors (Lipinski definition) is 3. The molecule has 108 valence electrons. The second-order valence-electron chi connectivity index (χ2n) is 6.64. The lowest BCUT2D eigenvalue weighted by Crippen LogP contribution is -2.43. The van der Waals surface area contributed by atoms with Crippen LogP contribution in [0.1, 0.15) is 46.5 Å². The van der Waals surface area contributed by atoms with Gasteiger partial charge in [-0.15, -0.1) is 0 Å². The van der Waals surface area contributed by atoms with E-state index in [0.29, 0.717) is 25.3 Å². The lowest BCUT2D eigenvalue weighted by Gasteiger charge is -2.35. The van der Waals surface area contributed by atoms with Gasteiger partial charge in [0, 0.05) is 12.6 Å². The van der Waals surface area contributed by atoms with E-state index < -0.39 is 11.6 Å². The van der Waals surface area contributed by atoms with E-state index in [1.807, 2.05) is 20.8 Å². The van der Waals surface area contributed by atoms with Gasteiger partial charge in [0.15, 0.2) is 0 Å². The van der Waals surface area contributed by atoms with Gasteiger partial charge >= 0.3 is 12.1 Å². The third-order valence-corrected chi connectivity index (χ3v) is 4.06. The van der Waals surface area contributed by atoms with Crippen molar-refractivity contribution in [1.82, 2.24) is 4.90 Å². The topological polar surface area (TPSA) is 66.8 Å². The fraction of sp³-hybridized carbons (Fsp3) is 0.857. The van der Waals surface area contributed by atoms with Crippen molar-refractivity contribution < 1.29 is 19.4 Å². The summed E-state index contributed by atoms with van der Waals surface area (Å²) in [4.78, 5) is 25.0. The number of fused-ring (bicyclic) bond motifs is 1. The van der Waals surface area contributed by atoms with Gasteiger partial charge in [0.2, 0.25) is 0 Å². The number of amides is 1. The Bertz CT molecular complexity index is 374. The van der Waals surface area contributed by atoms with Crippen molar-refractivity contribution in [3.8, 4) is 0 Å². The van der Waals surface area contributed by atoms with Crippen LogP contribution in [0.3, 0.4) is 0 Å². The Morgan fingerprint density at radius 1 is 1.21 bits per heavy atom. The molecule has 3 atom stereocenters. The lowest BCUT2D eigenvalue weighted by molar-refractivity contribution is -0.143. The minimum atomic E-state index is -0.700. The summed E-state index contributed by atoms with van der Waals surface area (Å²) in [7, 11) is 0. The van der Waals surface area contributed by atoms with E-state index in [-0.39, 0.29) is 18.1 Å². The minimum Gasteiger partial charge on any atom is -0.481 e. The number of rotatable bonds is 1. The Kier molecular flexibility index (Phi) is 3.74. The van der Waals surface area contributed by atoms with E-state index in [9.17, 15) is 9.59 Å². The molecule has 0 aromatic carbocycles. The number of nitrogens with zero attached hydrogens (tertiary/aromatic N) is 1. The molecule has 2 aliphatic rings. The van der Waals surface area contributed by atoms with E-state index in [4.69, 9.17) is 9.84 Å². The van der Waals surface area contributed by atoms with Crippen molar-refractivity contribution in [2.75, 3.05) is 6.54 Å². The summed E-state index contributed by atoms with van der Waals surface area (Å²) in [6.45, 7) is 6.27. The average Bonchev–Trinajstić information content (AvgIpc) is 2.68. The fourth-order valence-corrected chi connectivity index (χ4v) is 3.21. The van der Waals surface area contributed by atoms with Crippen LogP contribution in [0.4, 0.5) is 4.79 Å². The quantitative estimate of drug-likeness (QED) is 0.794. The molecule has 2 fully saturated rings. The van der Waals surface area contributed by atoms with E-state index >= 15 is 0 Å². The first kappa shape index (κ1) is 14.2. The zero-order valence-corrected chi connectivity index (χ0v) is 11.9. The van der Waals surface area contributed by atoms with Crippen LogP contribution in [-0.2, 0) is 9.53 Å². The summed E-state index contributed by atoms with van der Waals surface area (Å²) in [6, 6.07) is 0.172. The smallest absolute Gasteiger partial charge is 0.410 e. The van der Waals surface area contributed by atoms with Gasteiger partial charge in [-0.25, -0.2) is 4.79 Å². The molecule has 0 bridgehead atoms. The first-order valence-electron chi connectivity index (χ1n) is 7.00. The van der Waals surface area contributed by atoms with Gasteiger partial charge < -0.3 is 14.7 Å². The predicted molar refractivity (Wildman–Crippen MR) is 69.8 cm³/mol. The highest BCUT2D eigenvalue weighted by Crippen LogP contribution is 2.39. The van der Waals surface area contributed by atoms with Crippen LogP contribution in [0.15, 0.2) is 0 Å². The van der Waals surface area contributed by atoms with Crippen LogP contribution >= 0.6 is 0 Å². The highest BCUT2D eigenvalue weighted by molar-refractivity contribution is 5.71. The number of carboxylic acids is 1. The molecule has 1 heterocycles. The van der Waals surface area contributed by atoms with E-state index in [0.717, 1.165) is 12.8 Å². The molecule has 1 amide bonds. The molecule has 19 heavy (non-hydrogen) atoms. The number of ether oxygens (including phenoxy) is 1. The molecule has 1 unspecified atom stereocenters. The van der Waals surface area contributed by atoms with Crippen molar-refractivity contribution in [3.63, 3.8) is 0 Å². The number of likely N-dealkylation sites (tertiary alicyclic amines) is 1. The molecule has 1 saturated carbocycles. The summed E-state index contributed by atoms with van der Waals surface area (Å²) in [5, 5.41) is 9.08. The molecule has 5 nitrogen and oxygen atoms in total. The minimum absolute atomic E-state index is 0.172. The molecule has 0 aromatic heterocycles. The van der Waals surface area contributed by atoms with Crippen LogP contribution in [-0.4, -0.2) is 40.3 Å². The first-order chi connectivity index (χ1) is 8.78. The molecule has 5 heteroatoms. The molecule has 0 radical (unpaired) electrons. The largest absolute Gasteiger partial charge is 0.481 e. The third-order valence-electron chi connectivity index (χ3n) is 4.06. The van der Waals surface area contributed by atoms with E-state index in [2.05, 4.69) is 0 Å². The van der Waals surface area contributed by atoms with Crippen molar-refractivity contribution in [2.45, 2.75) is 58.1 Å². The van der Waals surface area contributed by atoms with Gasteiger partial charge in [0.05, 0.1) is 5.92 Å². The van der Waals surface area contributed by atoms with Crippen molar-refractivity contribution in [3.05, 3.63) is 0 Å². The van der Waals surface area contributed by atoms with Gasteiger partial charge in [-0.3, -0.25) is 4.79 Å². The zero-order valence-electron chi connectivity index (χ0n) is 11.9. The highest BCUT2D eigenvalue weighted by Gasteiger charge is 2.43. The van der Waals surface area contributed by atoms with Crippen LogP contribution in [0.25, 0.3) is 0 Å². The number of hydrogen-bond donors (Lipinski definition) is 1. The molecule has 2 rings (SSSR count). The molecule has 1 aliphatic carbocycles. The fourth-order valence-electron chi connectivity index (χ4n) is 3.21. The molecular formula is C14H23NO4. The molecule has 1 N–H and O–H groups in total. The summed E-state index contributed by atoms with van der Waals surface area (Å²) in [5.41, 5.74) is -0.479. The van der Waals surface area contributed by atoms with Gasteiger partial charge in [-0.1, -0.05) is 0 Å². The SMILES string of the molecule is CC(C)(C)OC(=O)N1CC[C@H]2CC(C(=O)O)CC[C@H]21. The Hall–Kier alpha value is -1.26. The molecule has 1 saturated heterocycles. The van der Waals surface area contributed by atoms with Gasteiger partial charge in [-0.05, 0) is 52.4 Å². The second kappa shape index (κ2) is 5.02. The van der Waals surface area contributed by atoms with Crippen molar-refractivity contribution in [2.24, 2.45) is 11.8 Å². The van der Waals surface area contributed by atoms with Gasteiger partial charge in [0.25, 0.3) is 0 Å². The Balaban J connectivity index is 1.97. The Morgan fingerprint density at radius 3 is 2.47 bits per heavy atom. The first-order valence-corrected chi connectivity index (χ1v) is 7.00. The standard InChI is InChI=1S/C14H23NO4/c1-14(2,3)19-13(18)15-7-6-9-8-10(12(16)17)4-5-11(9)15/h9-11H,4-8H2,1-3H3,(H,16,17)/t9-,10?,11+/m0/s1. The Morgan fingerprint density at radius 2 is 1.89 bits per heavy atom. The molecular weight excluding hydrogens is 246 g/mol. The number of aliphatic carboxylic acids is 1. The molecule has 0 aromatic rings. The predicted octanol–water partition coefficient (Wildman–Crippen LogP) is 2.50. The Labute approximate surface area is 113 Å². The summed E-state index contributed by atoms with van der Waals surface area (Å²) in [6.07, 6.45) is 2.78. The normalized spacial score (nSPS) is 30.9. The van der Waals surface area contributed by atoms with Crippen LogP contribution in [0, 0.1) is 11.8 Å². The maximum atomic E-state index is 12.1. The van der Waals surface area contributed by atoms with E-state index in [1.54, 1.807) is 4.90 Å². The average molecular weight is 269 g/mol.